The fraction of sp³-hybridized carbons (Fsp3) is 0.200. The number of nitrogens with one attached hydrogen (secondary N) is 1. The lowest BCUT2D eigenvalue weighted by molar-refractivity contribution is 0.790. The predicted molar refractivity (Wildman–Crippen MR) is 85.7 cm³/mol. The van der Waals surface area contributed by atoms with Gasteiger partial charge in [-0.25, -0.2) is 0 Å². The molecule has 0 saturated carbocycles. The van der Waals surface area contributed by atoms with Crippen LogP contribution in [0, 0.1) is 6.92 Å². The summed E-state index contributed by atoms with van der Waals surface area (Å²) in [7, 11) is 0. The van der Waals surface area contributed by atoms with Gasteiger partial charge in [-0.15, -0.1) is 0 Å². The molecule has 2 nitrogen and oxygen atoms in total. The summed E-state index contributed by atoms with van der Waals surface area (Å²) in [5, 5.41) is 4.17. The van der Waals surface area contributed by atoms with E-state index in [1.165, 1.54) is 5.56 Å². The Balaban J connectivity index is 2.23. The summed E-state index contributed by atoms with van der Waals surface area (Å²) >= 11 is 9.52. The number of aryl methyl sites for hydroxylation is 1. The van der Waals surface area contributed by atoms with Gasteiger partial charge in [0.05, 0.1) is 6.04 Å². The number of benzene rings is 2. The first-order valence-corrected chi connectivity index (χ1v) is 7.25. The number of hydrogen-bond acceptors (Lipinski definition) is 2. The van der Waals surface area contributed by atoms with Gasteiger partial charge in [0.2, 0.25) is 0 Å². The van der Waals surface area contributed by atoms with Crippen molar-refractivity contribution < 1.29 is 0 Å². The molecule has 1 atom stereocenters. The average Bonchev–Trinajstić information content (AvgIpc) is 2.34. The van der Waals surface area contributed by atoms with Crippen LogP contribution in [0.15, 0.2) is 46.9 Å². The van der Waals surface area contributed by atoms with Crippen LogP contribution in [0.1, 0.15) is 17.2 Å². The molecule has 0 bridgehead atoms. The van der Waals surface area contributed by atoms with Crippen molar-refractivity contribution in [1.82, 2.24) is 0 Å². The van der Waals surface area contributed by atoms with Gasteiger partial charge in [0.25, 0.3) is 0 Å². The lowest BCUT2D eigenvalue weighted by atomic mass is 10.1. The van der Waals surface area contributed by atoms with E-state index < -0.39 is 0 Å². The van der Waals surface area contributed by atoms with Gasteiger partial charge >= 0.3 is 0 Å². The third-order valence-electron chi connectivity index (χ3n) is 2.87. The maximum absolute atomic E-state index is 6.02. The first-order valence-electron chi connectivity index (χ1n) is 6.08. The number of halogens is 2. The molecular weight excluding hydrogens is 324 g/mol. The molecule has 0 fully saturated rings. The second-order valence-electron chi connectivity index (χ2n) is 4.50. The molecule has 0 heterocycles. The summed E-state index contributed by atoms with van der Waals surface area (Å²) in [6, 6.07) is 14.0. The molecule has 4 heteroatoms. The Morgan fingerprint density at radius 1 is 1.26 bits per heavy atom. The van der Waals surface area contributed by atoms with E-state index in [9.17, 15) is 0 Å². The summed E-state index contributed by atoms with van der Waals surface area (Å²) in [4.78, 5) is 0. The highest BCUT2D eigenvalue weighted by Crippen LogP contribution is 2.24. The first kappa shape index (κ1) is 14.4. The molecule has 0 spiro atoms. The van der Waals surface area contributed by atoms with Crippen molar-refractivity contribution in [2.24, 2.45) is 5.73 Å². The molecule has 2 aromatic carbocycles. The van der Waals surface area contributed by atoms with Crippen molar-refractivity contribution in [3.05, 3.63) is 63.1 Å². The second kappa shape index (κ2) is 6.42. The van der Waals surface area contributed by atoms with Crippen LogP contribution < -0.4 is 11.1 Å². The number of anilines is 1. The Hall–Kier alpha value is -1.03. The van der Waals surface area contributed by atoms with E-state index in [0.29, 0.717) is 6.54 Å². The molecule has 0 radical (unpaired) electrons. The van der Waals surface area contributed by atoms with Crippen LogP contribution in [0.5, 0.6) is 0 Å². The van der Waals surface area contributed by atoms with Crippen LogP contribution in [0.4, 0.5) is 5.69 Å². The summed E-state index contributed by atoms with van der Waals surface area (Å²) in [5.41, 5.74) is 9.19. The van der Waals surface area contributed by atoms with Gasteiger partial charge in [0.15, 0.2) is 0 Å². The highest BCUT2D eigenvalue weighted by atomic mass is 79.9. The number of hydrogen-bond donors (Lipinski definition) is 2. The maximum atomic E-state index is 6.02. The minimum absolute atomic E-state index is 0.0485. The Morgan fingerprint density at radius 2 is 2.05 bits per heavy atom. The molecule has 0 aliphatic carbocycles. The number of nitrogens with two attached hydrogens (primary N) is 1. The largest absolute Gasteiger partial charge is 0.377 e. The van der Waals surface area contributed by atoms with Crippen molar-refractivity contribution in [3.8, 4) is 0 Å². The zero-order valence-electron chi connectivity index (χ0n) is 10.7. The molecular formula is C15H16BrClN2. The fourth-order valence-corrected chi connectivity index (χ4v) is 2.83. The van der Waals surface area contributed by atoms with Crippen LogP contribution in [-0.4, -0.2) is 6.54 Å². The molecule has 0 aromatic heterocycles. The Bertz CT molecular complexity index is 552. The standard InChI is InChI=1S/C15H16BrClN2/c1-10-5-12(16)8-14(6-10)19-15(9-18)11-3-2-4-13(17)7-11/h2-8,15,19H,9,18H2,1H3. The topological polar surface area (TPSA) is 38.0 Å². The summed E-state index contributed by atoms with van der Waals surface area (Å²) in [5.74, 6) is 0. The molecule has 3 N–H and O–H groups in total. The minimum Gasteiger partial charge on any atom is -0.377 e. The van der Waals surface area contributed by atoms with E-state index in [-0.39, 0.29) is 6.04 Å². The molecule has 0 amide bonds. The summed E-state index contributed by atoms with van der Waals surface area (Å²) < 4.78 is 1.05. The van der Waals surface area contributed by atoms with E-state index >= 15 is 0 Å². The van der Waals surface area contributed by atoms with Crippen LogP contribution in [0.3, 0.4) is 0 Å². The fourth-order valence-electron chi connectivity index (χ4n) is 2.02. The molecule has 1 unspecified atom stereocenters. The van der Waals surface area contributed by atoms with E-state index in [2.05, 4.69) is 40.3 Å². The van der Waals surface area contributed by atoms with Crippen molar-refractivity contribution in [3.63, 3.8) is 0 Å². The molecule has 0 aliphatic rings. The summed E-state index contributed by atoms with van der Waals surface area (Å²) in [6.45, 7) is 2.57. The van der Waals surface area contributed by atoms with Crippen LogP contribution >= 0.6 is 27.5 Å². The minimum atomic E-state index is 0.0485. The Kier molecular flexibility index (Phi) is 4.86. The SMILES string of the molecule is Cc1cc(Br)cc(NC(CN)c2cccc(Cl)c2)c1. The highest BCUT2D eigenvalue weighted by Gasteiger charge is 2.10. The third kappa shape index (κ3) is 3.96. The molecule has 2 rings (SSSR count). The van der Waals surface area contributed by atoms with Gasteiger partial charge in [-0.3, -0.25) is 0 Å². The van der Waals surface area contributed by atoms with Crippen molar-refractivity contribution in [2.45, 2.75) is 13.0 Å². The van der Waals surface area contributed by atoms with Gasteiger partial charge in [0.1, 0.15) is 0 Å². The van der Waals surface area contributed by atoms with Crippen molar-refractivity contribution in [2.75, 3.05) is 11.9 Å². The number of rotatable bonds is 4. The smallest absolute Gasteiger partial charge is 0.0636 e. The van der Waals surface area contributed by atoms with E-state index in [1.807, 2.05) is 30.3 Å². The molecule has 100 valence electrons. The zero-order chi connectivity index (χ0) is 13.8. The van der Waals surface area contributed by atoms with Gasteiger partial charge < -0.3 is 11.1 Å². The van der Waals surface area contributed by atoms with E-state index in [0.717, 1.165) is 20.7 Å². The van der Waals surface area contributed by atoms with Crippen LogP contribution in [-0.2, 0) is 0 Å². The predicted octanol–water partition coefficient (Wildman–Crippen LogP) is 4.52. The average molecular weight is 340 g/mol. The zero-order valence-corrected chi connectivity index (χ0v) is 13.0. The normalized spacial score (nSPS) is 12.2. The molecule has 0 saturated heterocycles. The lowest BCUT2D eigenvalue weighted by Crippen LogP contribution is -2.20. The van der Waals surface area contributed by atoms with Crippen LogP contribution in [0.25, 0.3) is 0 Å². The van der Waals surface area contributed by atoms with Gasteiger partial charge in [-0.2, -0.15) is 0 Å². The Labute approximate surface area is 127 Å². The van der Waals surface area contributed by atoms with E-state index in [1.54, 1.807) is 0 Å². The summed E-state index contributed by atoms with van der Waals surface area (Å²) in [6.07, 6.45) is 0. The maximum Gasteiger partial charge on any atom is 0.0636 e. The quantitative estimate of drug-likeness (QED) is 0.859. The first-order chi connectivity index (χ1) is 9.08. The lowest BCUT2D eigenvalue weighted by Gasteiger charge is -2.19. The molecule has 19 heavy (non-hydrogen) atoms. The van der Waals surface area contributed by atoms with Gasteiger partial charge in [0, 0.05) is 21.7 Å². The van der Waals surface area contributed by atoms with Gasteiger partial charge in [-0.1, -0.05) is 39.7 Å². The third-order valence-corrected chi connectivity index (χ3v) is 3.56. The highest BCUT2D eigenvalue weighted by molar-refractivity contribution is 9.10. The van der Waals surface area contributed by atoms with E-state index in [4.69, 9.17) is 17.3 Å². The van der Waals surface area contributed by atoms with Crippen LogP contribution in [0.2, 0.25) is 5.02 Å². The molecule has 2 aromatic rings. The monoisotopic (exact) mass is 338 g/mol. The molecule has 0 aliphatic heterocycles. The van der Waals surface area contributed by atoms with Gasteiger partial charge in [-0.05, 0) is 48.4 Å². The van der Waals surface area contributed by atoms with Crippen molar-refractivity contribution >= 4 is 33.2 Å². The second-order valence-corrected chi connectivity index (χ2v) is 5.86. The Morgan fingerprint density at radius 3 is 2.68 bits per heavy atom. The van der Waals surface area contributed by atoms with Crippen molar-refractivity contribution in [1.29, 1.82) is 0 Å².